The molecule has 0 unspecified atom stereocenters. The molecule has 7 heteroatoms. The van der Waals surface area contributed by atoms with Gasteiger partial charge in [0.2, 0.25) is 0 Å². The number of carbonyl (C=O) groups excluding carboxylic acids is 1. The van der Waals surface area contributed by atoms with Crippen LogP contribution in [0, 0.1) is 0 Å². The molecule has 6 nitrogen and oxygen atoms in total. The summed E-state index contributed by atoms with van der Waals surface area (Å²) >= 11 is 1.14. The molecule has 0 aromatic carbocycles. The average Bonchev–Trinajstić information content (AvgIpc) is 2.54. The van der Waals surface area contributed by atoms with Crippen LogP contribution in [0.2, 0.25) is 0 Å². The number of nitrogens with zero attached hydrogens (tertiary/aromatic N) is 1. The number of hydrogen-bond acceptors (Lipinski definition) is 5. The standard InChI is InChI=1S/C11H19NO5S/c1-11(2,3)17-10(16)12-4-7(13)8(5-12)18-6-9(14)15/h7-8,13H,4-6H2,1-3H3,(H,14,15)/t7-,8-/m1/s1. The summed E-state index contributed by atoms with van der Waals surface area (Å²) in [7, 11) is 0. The van der Waals surface area contributed by atoms with E-state index in [4.69, 9.17) is 9.84 Å². The van der Waals surface area contributed by atoms with Crippen LogP contribution in [-0.4, -0.2) is 63.0 Å². The molecule has 104 valence electrons. The van der Waals surface area contributed by atoms with E-state index in [1.54, 1.807) is 20.8 Å². The molecular formula is C11H19NO5S. The van der Waals surface area contributed by atoms with Gasteiger partial charge in [-0.25, -0.2) is 4.79 Å². The first-order valence-corrected chi connectivity index (χ1v) is 6.73. The number of ether oxygens (including phenoxy) is 1. The second-order valence-corrected chi connectivity index (χ2v) is 6.42. The molecule has 0 bridgehead atoms. The van der Waals surface area contributed by atoms with E-state index in [1.165, 1.54) is 4.90 Å². The lowest BCUT2D eigenvalue weighted by Crippen LogP contribution is -2.36. The van der Waals surface area contributed by atoms with Crippen molar-refractivity contribution in [2.75, 3.05) is 18.8 Å². The molecule has 0 aliphatic carbocycles. The van der Waals surface area contributed by atoms with Crippen molar-refractivity contribution >= 4 is 23.8 Å². The molecule has 0 radical (unpaired) electrons. The Hall–Kier alpha value is -0.950. The van der Waals surface area contributed by atoms with Gasteiger partial charge in [0.05, 0.1) is 23.7 Å². The molecule has 1 fully saturated rings. The molecule has 0 aromatic heterocycles. The number of rotatable bonds is 3. The van der Waals surface area contributed by atoms with Crippen LogP contribution < -0.4 is 0 Å². The normalized spacial score (nSPS) is 24.1. The third-order valence-corrected chi connectivity index (χ3v) is 3.61. The molecule has 1 heterocycles. The molecule has 1 rings (SSSR count). The summed E-state index contributed by atoms with van der Waals surface area (Å²) in [6.45, 7) is 5.82. The summed E-state index contributed by atoms with van der Waals surface area (Å²) in [4.78, 5) is 23.6. The number of carboxylic acid groups (broad SMARTS) is 1. The van der Waals surface area contributed by atoms with Crippen molar-refractivity contribution in [3.05, 3.63) is 0 Å². The van der Waals surface area contributed by atoms with Crippen molar-refractivity contribution in [3.8, 4) is 0 Å². The van der Waals surface area contributed by atoms with Crippen LogP contribution in [0.15, 0.2) is 0 Å². The SMILES string of the molecule is CC(C)(C)OC(=O)N1C[C@@H](O)[C@H](SCC(=O)O)C1. The highest BCUT2D eigenvalue weighted by Crippen LogP contribution is 2.24. The molecule has 2 atom stereocenters. The van der Waals surface area contributed by atoms with Crippen LogP contribution in [0.4, 0.5) is 4.79 Å². The number of likely N-dealkylation sites (tertiary alicyclic amines) is 1. The predicted octanol–water partition coefficient (Wildman–Crippen LogP) is 0.784. The third-order valence-electron chi connectivity index (χ3n) is 2.31. The summed E-state index contributed by atoms with van der Waals surface area (Å²) < 4.78 is 5.19. The zero-order valence-electron chi connectivity index (χ0n) is 10.8. The molecule has 18 heavy (non-hydrogen) atoms. The maximum atomic E-state index is 11.8. The fourth-order valence-corrected chi connectivity index (χ4v) is 2.52. The summed E-state index contributed by atoms with van der Waals surface area (Å²) in [6.07, 6.45) is -1.18. The smallest absolute Gasteiger partial charge is 0.410 e. The van der Waals surface area contributed by atoms with Gasteiger partial charge in [-0.2, -0.15) is 0 Å². The van der Waals surface area contributed by atoms with E-state index in [1.807, 2.05) is 0 Å². The lowest BCUT2D eigenvalue weighted by atomic mass is 10.2. The number of hydrogen-bond donors (Lipinski definition) is 2. The number of thioether (sulfide) groups is 1. The largest absolute Gasteiger partial charge is 0.481 e. The Morgan fingerprint density at radius 1 is 1.39 bits per heavy atom. The first-order valence-electron chi connectivity index (χ1n) is 5.68. The molecule has 1 saturated heterocycles. The van der Waals surface area contributed by atoms with E-state index in [0.29, 0.717) is 6.54 Å². The Morgan fingerprint density at radius 2 is 2.00 bits per heavy atom. The van der Waals surface area contributed by atoms with Crippen LogP contribution in [0.1, 0.15) is 20.8 Å². The van der Waals surface area contributed by atoms with Crippen LogP contribution in [-0.2, 0) is 9.53 Å². The first-order chi connectivity index (χ1) is 8.19. The van der Waals surface area contributed by atoms with Crippen molar-refractivity contribution in [1.82, 2.24) is 4.90 Å². The van der Waals surface area contributed by atoms with Gasteiger partial charge in [-0.1, -0.05) is 0 Å². The number of aliphatic hydroxyl groups excluding tert-OH is 1. The number of aliphatic carboxylic acids is 1. The lowest BCUT2D eigenvalue weighted by Gasteiger charge is -2.24. The van der Waals surface area contributed by atoms with E-state index >= 15 is 0 Å². The van der Waals surface area contributed by atoms with Gasteiger partial charge in [0, 0.05) is 6.54 Å². The van der Waals surface area contributed by atoms with Crippen LogP contribution >= 0.6 is 11.8 Å². The second kappa shape index (κ2) is 5.79. The van der Waals surface area contributed by atoms with Crippen molar-refractivity contribution in [2.24, 2.45) is 0 Å². The lowest BCUT2D eigenvalue weighted by molar-refractivity contribution is -0.133. The highest BCUT2D eigenvalue weighted by Gasteiger charge is 2.36. The average molecular weight is 277 g/mol. The van der Waals surface area contributed by atoms with Gasteiger partial charge >= 0.3 is 12.1 Å². The molecular weight excluding hydrogens is 258 g/mol. The number of aliphatic hydroxyl groups is 1. The summed E-state index contributed by atoms with van der Waals surface area (Å²) in [5.41, 5.74) is -0.575. The summed E-state index contributed by atoms with van der Waals surface area (Å²) in [6, 6.07) is 0. The number of amides is 1. The molecule has 0 saturated carbocycles. The molecule has 1 aliphatic rings. The zero-order valence-corrected chi connectivity index (χ0v) is 11.6. The number of carbonyl (C=O) groups is 2. The molecule has 2 N–H and O–H groups in total. The Bertz CT molecular complexity index is 328. The topological polar surface area (TPSA) is 87.1 Å². The minimum absolute atomic E-state index is 0.0795. The van der Waals surface area contributed by atoms with E-state index in [9.17, 15) is 14.7 Å². The Morgan fingerprint density at radius 3 is 2.50 bits per heavy atom. The fraction of sp³-hybridized carbons (Fsp3) is 0.818. The molecule has 1 amide bonds. The Balaban J connectivity index is 2.47. The highest BCUT2D eigenvalue weighted by atomic mass is 32.2. The zero-order chi connectivity index (χ0) is 13.9. The van der Waals surface area contributed by atoms with Crippen LogP contribution in [0.25, 0.3) is 0 Å². The minimum atomic E-state index is -0.928. The van der Waals surface area contributed by atoms with E-state index in [2.05, 4.69) is 0 Å². The second-order valence-electron chi connectivity index (χ2n) is 5.20. The molecule has 1 aliphatic heterocycles. The molecule has 0 aromatic rings. The van der Waals surface area contributed by atoms with Gasteiger partial charge in [-0.15, -0.1) is 11.8 Å². The minimum Gasteiger partial charge on any atom is -0.481 e. The monoisotopic (exact) mass is 277 g/mol. The Kier molecular flexibility index (Phi) is 4.86. The van der Waals surface area contributed by atoms with Gasteiger partial charge in [0.1, 0.15) is 5.60 Å². The van der Waals surface area contributed by atoms with Crippen LogP contribution in [0.5, 0.6) is 0 Å². The number of β-amino-alcohol motifs (C(OH)–C–C–N with tert-alkyl or cyclic N) is 1. The number of carboxylic acids is 1. The maximum absolute atomic E-state index is 11.8. The molecule has 0 spiro atoms. The van der Waals surface area contributed by atoms with Crippen molar-refractivity contribution in [2.45, 2.75) is 37.7 Å². The first kappa shape index (κ1) is 15.1. The van der Waals surface area contributed by atoms with Gasteiger partial charge in [0.15, 0.2) is 0 Å². The van der Waals surface area contributed by atoms with Gasteiger partial charge in [-0.05, 0) is 20.8 Å². The third kappa shape index (κ3) is 4.73. The van der Waals surface area contributed by atoms with Crippen molar-refractivity contribution < 1.29 is 24.5 Å². The summed E-state index contributed by atoms with van der Waals surface area (Å²) in [5.74, 6) is -1.01. The fourth-order valence-electron chi connectivity index (χ4n) is 1.57. The van der Waals surface area contributed by atoms with Gasteiger partial charge < -0.3 is 19.8 Å². The van der Waals surface area contributed by atoms with Crippen LogP contribution in [0.3, 0.4) is 0 Å². The maximum Gasteiger partial charge on any atom is 0.410 e. The predicted molar refractivity (Wildman–Crippen MR) is 67.7 cm³/mol. The van der Waals surface area contributed by atoms with E-state index in [0.717, 1.165) is 11.8 Å². The highest BCUT2D eigenvalue weighted by molar-refractivity contribution is 8.00. The van der Waals surface area contributed by atoms with Gasteiger partial charge in [-0.3, -0.25) is 4.79 Å². The van der Waals surface area contributed by atoms with Gasteiger partial charge in [0.25, 0.3) is 0 Å². The summed E-state index contributed by atoms with van der Waals surface area (Å²) in [5, 5.41) is 18.1. The quantitative estimate of drug-likeness (QED) is 0.793. The van der Waals surface area contributed by atoms with Crippen molar-refractivity contribution in [3.63, 3.8) is 0 Å². The van der Waals surface area contributed by atoms with E-state index < -0.39 is 23.8 Å². The van der Waals surface area contributed by atoms with Crippen molar-refractivity contribution in [1.29, 1.82) is 0 Å². The Labute approximate surface area is 110 Å². The van der Waals surface area contributed by atoms with E-state index in [-0.39, 0.29) is 17.5 Å².